The average molecular weight is 371 g/mol. The number of rotatable bonds is 9. The zero-order valence-corrected chi connectivity index (χ0v) is 16.1. The highest BCUT2D eigenvalue weighted by atomic mass is 16.5. The topological polar surface area (TPSA) is 73.1 Å². The largest absolute Gasteiger partial charge is 0.466 e. The van der Waals surface area contributed by atoms with Crippen LogP contribution in [0.2, 0.25) is 0 Å². The molecule has 1 fully saturated rings. The van der Waals surface area contributed by atoms with Crippen molar-refractivity contribution in [2.45, 2.75) is 45.6 Å². The van der Waals surface area contributed by atoms with Gasteiger partial charge < -0.3 is 9.64 Å². The van der Waals surface area contributed by atoms with Crippen LogP contribution in [0.1, 0.15) is 39.0 Å². The molecule has 0 spiro atoms. The highest BCUT2D eigenvalue weighted by Crippen LogP contribution is 2.18. The summed E-state index contributed by atoms with van der Waals surface area (Å²) >= 11 is 0. The van der Waals surface area contributed by atoms with Crippen molar-refractivity contribution in [1.29, 1.82) is 0 Å². The Bertz CT molecular complexity index is 703. The zero-order valence-electron chi connectivity index (χ0n) is 16.1. The number of tetrazole rings is 1. The van der Waals surface area contributed by atoms with E-state index < -0.39 is 0 Å². The molecule has 2 aromatic rings. The molecule has 146 valence electrons. The summed E-state index contributed by atoms with van der Waals surface area (Å²) in [6, 6.07) is 9.91. The standard InChI is InChI=1S/C20H29N5O2/c1-2-27-20(26)18-12-9-14-24(16-18)13-7-4-8-15-25-22-19(21-23-25)17-10-5-3-6-11-17/h3,5-6,10-11,18H,2,4,7-9,12-16H2,1H3. The number of hydrogen-bond acceptors (Lipinski definition) is 6. The molecular formula is C20H29N5O2. The van der Waals surface area contributed by atoms with E-state index in [4.69, 9.17) is 4.74 Å². The Balaban J connectivity index is 1.34. The molecule has 0 radical (unpaired) electrons. The highest BCUT2D eigenvalue weighted by Gasteiger charge is 2.26. The van der Waals surface area contributed by atoms with Gasteiger partial charge in [-0.15, -0.1) is 10.2 Å². The number of carbonyl (C=O) groups is 1. The SMILES string of the molecule is CCOC(=O)C1CCCN(CCCCCn2nnc(-c3ccccc3)n2)C1. The van der Waals surface area contributed by atoms with Gasteiger partial charge in [-0.3, -0.25) is 4.79 Å². The molecule has 1 aliphatic heterocycles. The maximum atomic E-state index is 11.9. The van der Waals surface area contributed by atoms with Gasteiger partial charge in [0.25, 0.3) is 0 Å². The van der Waals surface area contributed by atoms with Crippen LogP contribution in [-0.4, -0.2) is 57.3 Å². The number of ether oxygens (including phenoxy) is 1. The van der Waals surface area contributed by atoms with E-state index in [1.54, 1.807) is 4.80 Å². The molecule has 0 bridgehead atoms. The normalized spacial score (nSPS) is 17.7. The van der Waals surface area contributed by atoms with Gasteiger partial charge in [0.15, 0.2) is 0 Å². The number of likely N-dealkylation sites (tertiary alicyclic amines) is 1. The third-order valence-electron chi connectivity index (χ3n) is 4.94. The number of hydrogen-bond donors (Lipinski definition) is 0. The maximum Gasteiger partial charge on any atom is 0.310 e. The van der Waals surface area contributed by atoms with Crippen molar-refractivity contribution in [3.8, 4) is 11.4 Å². The van der Waals surface area contributed by atoms with Crippen molar-refractivity contribution in [2.75, 3.05) is 26.2 Å². The second kappa shape index (κ2) is 10.2. The second-order valence-electron chi connectivity index (χ2n) is 7.03. The summed E-state index contributed by atoms with van der Waals surface area (Å²) in [5, 5.41) is 12.7. The molecular weight excluding hydrogens is 342 g/mol. The maximum absolute atomic E-state index is 11.9. The van der Waals surface area contributed by atoms with Crippen LogP contribution in [0.4, 0.5) is 0 Å². The van der Waals surface area contributed by atoms with Crippen LogP contribution < -0.4 is 0 Å². The fraction of sp³-hybridized carbons (Fsp3) is 0.600. The predicted octanol–water partition coefficient (Wildman–Crippen LogP) is 2.79. The Hall–Kier alpha value is -2.28. The zero-order chi connectivity index (χ0) is 18.9. The Morgan fingerprint density at radius 2 is 2.00 bits per heavy atom. The van der Waals surface area contributed by atoms with Gasteiger partial charge in [0.2, 0.25) is 5.82 Å². The number of esters is 1. The molecule has 2 heterocycles. The Kier molecular flexibility index (Phi) is 7.33. The summed E-state index contributed by atoms with van der Waals surface area (Å²) < 4.78 is 5.17. The van der Waals surface area contributed by atoms with Crippen molar-refractivity contribution in [1.82, 2.24) is 25.1 Å². The first-order valence-corrected chi connectivity index (χ1v) is 9.98. The van der Waals surface area contributed by atoms with Crippen LogP contribution in [0.3, 0.4) is 0 Å². The number of piperidine rings is 1. The van der Waals surface area contributed by atoms with E-state index in [-0.39, 0.29) is 11.9 Å². The number of nitrogens with zero attached hydrogens (tertiary/aromatic N) is 5. The van der Waals surface area contributed by atoms with Crippen molar-refractivity contribution in [3.05, 3.63) is 30.3 Å². The van der Waals surface area contributed by atoms with E-state index in [1.165, 1.54) is 0 Å². The molecule has 0 saturated carbocycles. The summed E-state index contributed by atoms with van der Waals surface area (Å²) in [4.78, 5) is 16.0. The van der Waals surface area contributed by atoms with E-state index >= 15 is 0 Å². The third kappa shape index (κ3) is 5.85. The van der Waals surface area contributed by atoms with Crippen LogP contribution in [-0.2, 0) is 16.1 Å². The summed E-state index contributed by atoms with van der Waals surface area (Å²) in [6.07, 6.45) is 5.30. The Morgan fingerprint density at radius 3 is 2.81 bits per heavy atom. The van der Waals surface area contributed by atoms with Gasteiger partial charge in [0, 0.05) is 12.1 Å². The van der Waals surface area contributed by atoms with Crippen molar-refractivity contribution in [3.63, 3.8) is 0 Å². The quantitative estimate of drug-likeness (QED) is 0.498. The summed E-state index contributed by atoms with van der Waals surface area (Å²) in [5.41, 5.74) is 0.991. The monoisotopic (exact) mass is 371 g/mol. The lowest BCUT2D eigenvalue weighted by atomic mass is 9.98. The third-order valence-corrected chi connectivity index (χ3v) is 4.94. The summed E-state index contributed by atoms with van der Waals surface area (Å²) in [5.74, 6) is 0.692. The molecule has 0 aliphatic carbocycles. The van der Waals surface area contributed by atoms with Gasteiger partial charge >= 0.3 is 5.97 Å². The lowest BCUT2D eigenvalue weighted by Gasteiger charge is -2.31. The van der Waals surface area contributed by atoms with Crippen molar-refractivity contribution >= 4 is 5.97 Å². The molecule has 1 atom stereocenters. The van der Waals surface area contributed by atoms with Gasteiger partial charge in [-0.05, 0) is 50.9 Å². The van der Waals surface area contributed by atoms with E-state index in [1.807, 2.05) is 37.3 Å². The molecule has 7 heteroatoms. The molecule has 7 nitrogen and oxygen atoms in total. The van der Waals surface area contributed by atoms with Crippen molar-refractivity contribution < 1.29 is 9.53 Å². The molecule has 1 saturated heterocycles. The second-order valence-corrected chi connectivity index (χ2v) is 7.03. The van der Waals surface area contributed by atoms with Gasteiger partial charge in [-0.1, -0.05) is 36.8 Å². The fourth-order valence-electron chi connectivity index (χ4n) is 3.52. The van der Waals surface area contributed by atoms with E-state index in [2.05, 4.69) is 20.3 Å². The first kappa shape index (κ1) is 19.5. The molecule has 1 aromatic heterocycles. The highest BCUT2D eigenvalue weighted by molar-refractivity contribution is 5.72. The van der Waals surface area contributed by atoms with E-state index in [0.29, 0.717) is 12.4 Å². The lowest BCUT2D eigenvalue weighted by Crippen LogP contribution is -2.39. The first-order valence-electron chi connectivity index (χ1n) is 9.98. The molecule has 27 heavy (non-hydrogen) atoms. The Morgan fingerprint density at radius 1 is 1.19 bits per heavy atom. The first-order chi connectivity index (χ1) is 13.3. The minimum Gasteiger partial charge on any atom is -0.466 e. The summed E-state index contributed by atoms with van der Waals surface area (Å²) in [7, 11) is 0. The van der Waals surface area contributed by atoms with Crippen LogP contribution >= 0.6 is 0 Å². The molecule has 1 unspecified atom stereocenters. The molecule has 0 N–H and O–H groups in total. The number of aryl methyl sites for hydroxylation is 1. The van der Waals surface area contributed by atoms with Crippen LogP contribution in [0.15, 0.2) is 30.3 Å². The number of aromatic nitrogens is 4. The molecule has 1 aliphatic rings. The predicted molar refractivity (Wildman–Crippen MR) is 103 cm³/mol. The van der Waals surface area contributed by atoms with E-state index in [9.17, 15) is 4.79 Å². The number of carbonyl (C=O) groups excluding carboxylic acids is 1. The van der Waals surface area contributed by atoms with Gasteiger partial charge in [0.05, 0.1) is 19.1 Å². The fourth-order valence-corrected chi connectivity index (χ4v) is 3.52. The van der Waals surface area contributed by atoms with Gasteiger partial charge in [0.1, 0.15) is 0 Å². The van der Waals surface area contributed by atoms with Gasteiger partial charge in [-0.25, -0.2) is 0 Å². The minimum atomic E-state index is -0.0336. The molecule has 1 aromatic carbocycles. The number of unbranched alkanes of at least 4 members (excludes halogenated alkanes) is 2. The molecule has 0 amide bonds. The van der Waals surface area contributed by atoms with Crippen LogP contribution in [0.5, 0.6) is 0 Å². The minimum absolute atomic E-state index is 0.0336. The smallest absolute Gasteiger partial charge is 0.310 e. The average Bonchev–Trinajstić information content (AvgIpc) is 3.18. The Labute approximate surface area is 160 Å². The molecule has 3 rings (SSSR count). The lowest BCUT2D eigenvalue weighted by molar-refractivity contribution is -0.149. The summed E-state index contributed by atoms with van der Waals surface area (Å²) in [6.45, 7) is 6.08. The van der Waals surface area contributed by atoms with E-state index in [0.717, 1.165) is 63.8 Å². The van der Waals surface area contributed by atoms with Crippen molar-refractivity contribution in [2.24, 2.45) is 5.92 Å². The van der Waals surface area contributed by atoms with Gasteiger partial charge in [-0.2, -0.15) is 4.80 Å². The number of benzene rings is 1. The van der Waals surface area contributed by atoms with Crippen LogP contribution in [0, 0.1) is 5.92 Å². The van der Waals surface area contributed by atoms with Crippen LogP contribution in [0.25, 0.3) is 11.4 Å².